The van der Waals surface area contributed by atoms with Crippen LogP contribution in [0, 0.1) is 0 Å². The molecule has 2 rings (SSSR count). The molecule has 1 N–H and O–H groups in total. The molecular weight excluding hydrogens is 196 g/mol. The Morgan fingerprint density at radius 2 is 1.93 bits per heavy atom. The first-order chi connectivity index (χ1) is 6.86. The van der Waals surface area contributed by atoms with Gasteiger partial charge in [-0.1, -0.05) is 12.1 Å². The quantitative estimate of drug-likeness (QED) is 0.813. The van der Waals surface area contributed by atoms with Crippen molar-refractivity contribution in [3.05, 3.63) is 24.3 Å². The smallest absolute Gasteiger partial charge is 0.161 e. The van der Waals surface area contributed by atoms with E-state index in [0.717, 1.165) is 24.3 Å². The lowest BCUT2D eigenvalue weighted by molar-refractivity contribution is 0.185. The normalized spacial score (nSPS) is 18.0. The number of hydrogen-bond donors (Lipinski definition) is 1. The zero-order valence-electron chi connectivity index (χ0n) is 7.98. The van der Waals surface area contributed by atoms with Crippen molar-refractivity contribution in [2.45, 2.75) is 18.9 Å². The van der Waals surface area contributed by atoms with Crippen molar-refractivity contribution in [3.8, 4) is 11.5 Å². The van der Waals surface area contributed by atoms with Crippen LogP contribution in [-0.4, -0.2) is 22.7 Å². The number of phenols is 1. The van der Waals surface area contributed by atoms with Gasteiger partial charge in [-0.15, -0.1) is 0 Å². The Labute approximate surface area is 88.3 Å². The lowest BCUT2D eigenvalue weighted by atomic mass is 10.2. The van der Waals surface area contributed by atoms with E-state index in [1.807, 2.05) is 23.9 Å². The van der Waals surface area contributed by atoms with Gasteiger partial charge in [0.2, 0.25) is 0 Å². The second-order valence-corrected chi connectivity index (χ2v) is 4.62. The molecule has 0 saturated carbocycles. The van der Waals surface area contributed by atoms with Crippen LogP contribution < -0.4 is 4.74 Å². The molecule has 1 saturated heterocycles. The van der Waals surface area contributed by atoms with Crippen LogP contribution in [0.4, 0.5) is 0 Å². The average Bonchev–Trinajstić information content (AvgIpc) is 2.23. The number of para-hydroxylation sites is 2. The van der Waals surface area contributed by atoms with Crippen LogP contribution in [0.2, 0.25) is 0 Å². The minimum Gasteiger partial charge on any atom is -0.504 e. The maximum atomic E-state index is 9.51. The van der Waals surface area contributed by atoms with E-state index in [0.29, 0.717) is 5.75 Å². The molecule has 0 spiro atoms. The van der Waals surface area contributed by atoms with Crippen molar-refractivity contribution in [1.29, 1.82) is 0 Å². The van der Waals surface area contributed by atoms with Gasteiger partial charge in [0.1, 0.15) is 6.10 Å². The van der Waals surface area contributed by atoms with Crippen LogP contribution in [0.5, 0.6) is 11.5 Å². The third kappa shape index (κ3) is 2.35. The van der Waals surface area contributed by atoms with E-state index in [1.165, 1.54) is 0 Å². The molecule has 3 heteroatoms. The Bertz CT molecular complexity index is 295. The second kappa shape index (κ2) is 4.60. The van der Waals surface area contributed by atoms with Crippen LogP contribution in [0.3, 0.4) is 0 Å². The van der Waals surface area contributed by atoms with Crippen LogP contribution in [0.25, 0.3) is 0 Å². The average molecular weight is 210 g/mol. The Morgan fingerprint density at radius 3 is 2.64 bits per heavy atom. The number of ether oxygens (including phenoxy) is 1. The van der Waals surface area contributed by atoms with E-state index in [-0.39, 0.29) is 11.9 Å². The highest BCUT2D eigenvalue weighted by molar-refractivity contribution is 7.99. The number of hydrogen-bond acceptors (Lipinski definition) is 3. The van der Waals surface area contributed by atoms with Crippen LogP contribution in [0.15, 0.2) is 24.3 Å². The number of thioether (sulfide) groups is 1. The summed E-state index contributed by atoms with van der Waals surface area (Å²) in [6, 6.07) is 7.16. The Balaban J connectivity index is 1.99. The summed E-state index contributed by atoms with van der Waals surface area (Å²) in [7, 11) is 0. The number of phenolic OH excluding ortho intramolecular Hbond substituents is 1. The van der Waals surface area contributed by atoms with Gasteiger partial charge in [-0.2, -0.15) is 11.8 Å². The fourth-order valence-electron chi connectivity index (χ4n) is 1.53. The van der Waals surface area contributed by atoms with Gasteiger partial charge in [0, 0.05) is 0 Å². The molecule has 14 heavy (non-hydrogen) atoms. The van der Waals surface area contributed by atoms with Crippen molar-refractivity contribution in [2.24, 2.45) is 0 Å². The van der Waals surface area contributed by atoms with Crippen LogP contribution >= 0.6 is 11.8 Å². The van der Waals surface area contributed by atoms with Gasteiger partial charge in [0.15, 0.2) is 11.5 Å². The van der Waals surface area contributed by atoms with Gasteiger partial charge >= 0.3 is 0 Å². The second-order valence-electron chi connectivity index (χ2n) is 3.40. The summed E-state index contributed by atoms with van der Waals surface area (Å²) in [5, 5.41) is 9.51. The van der Waals surface area contributed by atoms with Gasteiger partial charge in [-0.25, -0.2) is 0 Å². The summed E-state index contributed by atoms with van der Waals surface area (Å²) in [5.41, 5.74) is 0. The maximum absolute atomic E-state index is 9.51. The van der Waals surface area contributed by atoms with E-state index in [2.05, 4.69) is 0 Å². The topological polar surface area (TPSA) is 29.5 Å². The standard InChI is InChI=1S/C11H14O2S/c12-10-3-1-2-4-11(10)13-9-5-7-14-8-6-9/h1-4,9,12H,5-8H2. The predicted molar refractivity (Wildman–Crippen MR) is 59.1 cm³/mol. The molecule has 76 valence electrons. The van der Waals surface area contributed by atoms with Crippen LogP contribution in [0.1, 0.15) is 12.8 Å². The van der Waals surface area contributed by atoms with E-state index >= 15 is 0 Å². The maximum Gasteiger partial charge on any atom is 0.161 e. The zero-order valence-corrected chi connectivity index (χ0v) is 8.80. The SMILES string of the molecule is Oc1ccccc1OC1CCSCC1. The third-order valence-corrected chi connectivity index (χ3v) is 3.38. The molecule has 0 aliphatic carbocycles. The van der Waals surface area contributed by atoms with E-state index < -0.39 is 0 Å². The van der Waals surface area contributed by atoms with E-state index in [9.17, 15) is 5.11 Å². The van der Waals surface area contributed by atoms with Crippen molar-refractivity contribution in [1.82, 2.24) is 0 Å². The molecule has 0 atom stereocenters. The molecule has 0 bridgehead atoms. The number of benzene rings is 1. The lowest BCUT2D eigenvalue weighted by Crippen LogP contribution is -2.22. The van der Waals surface area contributed by atoms with E-state index in [1.54, 1.807) is 12.1 Å². The third-order valence-electron chi connectivity index (χ3n) is 2.33. The van der Waals surface area contributed by atoms with Crippen LogP contribution in [-0.2, 0) is 0 Å². The predicted octanol–water partition coefficient (Wildman–Crippen LogP) is 2.67. The molecule has 1 heterocycles. The minimum atomic E-state index is 0.241. The van der Waals surface area contributed by atoms with E-state index in [4.69, 9.17) is 4.74 Å². The fraction of sp³-hybridized carbons (Fsp3) is 0.455. The van der Waals surface area contributed by atoms with Gasteiger partial charge in [0.05, 0.1) is 0 Å². The molecular formula is C11H14O2S. The van der Waals surface area contributed by atoms with Crippen molar-refractivity contribution < 1.29 is 9.84 Å². The molecule has 0 aromatic heterocycles. The molecule has 1 aliphatic rings. The Hall–Kier alpha value is -0.830. The first-order valence-electron chi connectivity index (χ1n) is 4.88. The summed E-state index contributed by atoms with van der Waals surface area (Å²) in [5.74, 6) is 3.19. The Kier molecular flexibility index (Phi) is 3.19. The van der Waals surface area contributed by atoms with Crippen molar-refractivity contribution in [3.63, 3.8) is 0 Å². The minimum absolute atomic E-state index is 0.241. The van der Waals surface area contributed by atoms with Gasteiger partial charge < -0.3 is 9.84 Å². The first kappa shape index (κ1) is 9.71. The molecule has 2 nitrogen and oxygen atoms in total. The van der Waals surface area contributed by atoms with Crippen molar-refractivity contribution >= 4 is 11.8 Å². The van der Waals surface area contributed by atoms with Crippen molar-refractivity contribution in [2.75, 3.05) is 11.5 Å². The highest BCUT2D eigenvalue weighted by Crippen LogP contribution is 2.28. The molecule has 0 amide bonds. The van der Waals surface area contributed by atoms with Gasteiger partial charge in [-0.05, 0) is 36.5 Å². The monoisotopic (exact) mass is 210 g/mol. The fourth-order valence-corrected chi connectivity index (χ4v) is 2.59. The number of rotatable bonds is 2. The summed E-state index contributed by atoms with van der Waals surface area (Å²) in [6.07, 6.45) is 2.45. The largest absolute Gasteiger partial charge is 0.504 e. The summed E-state index contributed by atoms with van der Waals surface area (Å²) < 4.78 is 5.72. The molecule has 0 unspecified atom stereocenters. The molecule has 1 fully saturated rings. The summed E-state index contributed by atoms with van der Waals surface area (Å²) >= 11 is 1.97. The Morgan fingerprint density at radius 1 is 1.21 bits per heavy atom. The molecule has 1 aromatic rings. The summed E-state index contributed by atoms with van der Waals surface area (Å²) in [6.45, 7) is 0. The first-order valence-corrected chi connectivity index (χ1v) is 6.04. The molecule has 1 aromatic carbocycles. The zero-order chi connectivity index (χ0) is 9.80. The highest BCUT2D eigenvalue weighted by atomic mass is 32.2. The van der Waals surface area contributed by atoms with Gasteiger partial charge in [0.25, 0.3) is 0 Å². The molecule has 1 aliphatic heterocycles. The lowest BCUT2D eigenvalue weighted by Gasteiger charge is -2.22. The molecule has 0 radical (unpaired) electrons. The van der Waals surface area contributed by atoms with Gasteiger partial charge in [-0.3, -0.25) is 0 Å². The summed E-state index contributed by atoms with van der Waals surface area (Å²) in [4.78, 5) is 0. The highest BCUT2D eigenvalue weighted by Gasteiger charge is 2.16. The number of aromatic hydroxyl groups is 1.